The van der Waals surface area contributed by atoms with Crippen LogP contribution in [0, 0.1) is 0 Å². The number of para-hydroxylation sites is 1. The van der Waals surface area contributed by atoms with E-state index < -0.39 is 5.97 Å². The molecule has 0 aliphatic heterocycles. The van der Waals surface area contributed by atoms with E-state index in [9.17, 15) is 4.79 Å². The maximum atomic E-state index is 12.0. The van der Waals surface area contributed by atoms with Crippen molar-refractivity contribution in [2.75, 3.05) is 6.61 Å². The molecule has 0 fully saturated rings. The highest BCUT2D eigenvalue weighted by Gasteiger charge is 2.14. The maximum absolute atomic E-state index is 12.0. The van der Waals surface area contributed by atoms with Gasteiger partial charge >= 0.3 is 5.97 Å². The van der Waals surface area contributed by atoms with Gasteiger partial charge in [0.05, 0.1) is 12.1 Å². The second-order valence-corrected chi connectivity index (χ2v) is 5.71. The van der Waals surface area contributed by atoms with Gasteiger partial charge in [-0.3, -0.25) is 0 Å². The summed E-state index contributed by atoms with van der Waals surface area (Å²) >= 11 is 3.39. The molecule has 3 rings (SSSR count). The standard InChI is InChI=1S/C18H14BrNO3/c1-2-22-18(21)16-11-17(14-5-3-4-6-15(14)20-16)23-13-9-7-12(19)8-10-13/h3-11H,2H2,1H3. The van der Waals surface area contributed by atoms with Gasteiger partial charge in [-0.1, -0.05) is 28.1 Å². The molecule has 1 aromatic heterocycles. The number of aromatic nitrogens is 1. The summed E-state index contributed by atoms with van der Waals surface area (Å²) in [6.07, 6.45) is 0. The molecule has 0 bridgehead atoms. The van der Waals surface area contributed by atoms with Crippen molar-refractivity contribution in [1.82, 2.24) is 4.98 Å². The van der Waals surface area contributed by atoms with Crippen molar-refractivity contribution in [2.45, 2.75) is 6.92 Å². The summed E-state index contributed by atoms with van der Waals surface area (Å²) in [5, 5.41) is 0.837. The number of rotatable bonds is 4. The van der Waals surface area contributed by atoms with Crippen LogP contribution in [0.4, 0.5) is 0 Å². The van der Waals surface area contributed by atoms with Crippen molar-refractivity contribution in [1.29, 1.82) is 0 Å². The average molecular weight is 372 g/mol. The highest BCUT2D eigenvalue weighted by atomic mass is 79.9. The van der Waals surface area contributed by atoms with Crippen molar-refractivity contribution >= 4 is 32.8 Å². The van der Waals surface area contributed by atoms with Crippen molar-refractivity contribution in [3.8, 4) is 11.5 Å². The van der Waals surface area contributed by atoms with Crippen molar-refractivity contribution in [3.63, 3.8) is 0 Å². The molecule has 0 N–H and O–H groups in total. The van der Waals surface area contributed by atoms with Gasteiger partial charge < -0.3 is 9.47 Å². The number of esters is 1. The van der Waals surface area contributed by atoms with Crippen LogP contribution in [0.5, 0.6) is 11.5 Å². The fourth-order valence-corrected chi connectivity index (χ4v) is 2.43. The minimum absolute atomic E-state index is 0.234. The number of halogens is 1. The number of fused-ring (bicyclic) bond motifs is 1. The lowest BCUT2D eigenvalue weighted by atomic mass is 10.2. The summed E-state index contributed by atoms with van der Waals surface area (Å²) in [7, 11) is 0. The minimum Gasteiger partial charge on any atom is -0.461 e. The number of hydrogen-bond donors (Lipinski definition) is 0. The zero-order chi connectivity index (χ0) is 16.2. The van der Waals surface area contributed by atoms with Crippen LogP contribution in [-0.2, 0) is 4.74 Å². The molecule has 4 nitrogen and oxygen atoms in total. The van der Waals surface area contributed by atoms with Crippen LogP contribution in [-0.4, -0.2) is 17.6 Å². The van der Waals surface area contributed by atoms with E-state index in [4.69, 9.17) is 9.47 Å². The topological polar surface area (TPSA) is 48.4 Å². The summed E-state index contributed by atoms with van der Waals surface area (Å²) in [4.78, 5) is 16.3. The first-order valence-corrected chi connectivity index (χ1v) is 7.97. The molecule has 0 unspecified atom stereocenters. The Bertz CT molecular complexity index is 847. The van der Waals surface area contributed by atoms with Gasteiger partial charge in [0.2, 0.25) is 0 Å². The van der Waals surface area contributed by atoms with E-state index in [1.54, 1.807) is 13.0 Å². The predicted octanol–water partition coefficient (Wildman–Crippen LogP) is 4.97. The molecule has 0 aliphatic carbocycles. The molecule has 0 spiro atoms. The average Bonchev–Trinajstić information content (AvgIpc) is 2.57. The summed E-state index contributed by atoms with van der Waals surface area (Å²) in [5.74, 6) is 0.791. The molecule has 1 heterocycles. The largest absolute Gasteiger partial charge is 0.461 e. The third-order valence-electron chi connectivity index (χ3n) is 3.20. The molecule has 0 amide bonds. The first kappa shape index (κ1) is 15.5. The van der Waals surface area contributed by atoms with Crippen LogP contribution in [0.2, 0.25) is 0 Å². The van der Waals surface area contributed by atoms with Crippen molar-refractivity contribution in [3.05, 3.63) is 64.8 Å². The lowest BCUT2D eigenvalue weighted by molar-refractivity contribution is 0.0519. The van der Waals surface area contributed by atoms with E-state index >= 15 is 0 Å². The van der Waals surface area contributed by atoms with Crippen LogP contribution in [0.25, 0.3) is 10.9 Å². The number of carbonyl (C=O) groups excluding carboxylic acids is 1. The Labute approximate surface area is 142 Å². The van der Waals surface area contributed by atoms with Gasteiger partial charge in [-0.15, -0.1) is 0 Å². The Morgan fingerprint density at radius 3 is 2.61 bits per heavy atom. The molecule has 2 aromatic carbocycles. The van der Waals surface area contributed by atoms with Crippen molar-refractivity contribution in [2.24, 2.45) is 0 Å². The van der Waals surface area contributed by atoms with E-state index in [0.717, 1.165) is 9.86 Å². The van der Waals surface area contributed by atoms with Crippen LogP contribution in [0.15, 0.2) is 59.1 Å². The first-order valence-electron chi connectivity index (χ1n) is 7.17. The van der Waals surface area contributed by atoms with Gasteiger partial charge in [0, 0.05) is 15.9 Å². The fraction of sp³-hybridized carbons (Fsp3) is 0.111. The van der Waals surface area contributed by atoms with Gasteiger partial charge in [0.25, 0.3) is 0 Å². The smallest absolute Gasteiger partial charge is 0.357 e. The fourth-order valence-electron chi connectivity index (χ4n) is 2.17. The maximum Gasteiger partial charge on any atom is 0.357 e. The monoisotopic (exact) mass is 371 g/mol. The van der Waals surface area contributed by atoms with Crippen molar-refractivity contribution < 1.29 is 14.3 Å². The Kier molecular flexibility index (Phi) is 4.57. The summed E-state index contributed by atoms with van der Waals surface area (Å²) in [6, 6.07) is 16.6. The van der Waals surface area contributed by atoms with E-state index in [2.05, 4.69) is 20.9 Å². The summed E-state index contributed by atoms with van der Waals surface area (Å²) < 4.78 is 12.0. The van der Waals surface area contributed by atoms with Gasteiger partial charge in [-0.25, -0.2) is 9.78 Å². The van der Waals surface area contributed by atoms with Gasteiger partial charge in [-0.2, -0.15) is 0 Å². The molecule has 0 aliphatic rings. The molecule has 23 heavy (non-hydrogen) atoms. The van der Waals surface area contributed by atoms with E-state index in [0.29, 0.717) is 23.6 Å². The number of carbonyl (C=O) groups is 1. The van der Waals surface area contributed by atoms with Gasteiger partial charge in [-0.05, 0) is 43.3 Å². The third-order valence-corrected chi connectivity index (χ3v) is 3.73. The molecular formula is C18H14BrNO3. The Morgan fingerprint density at radius 1 is 1.13 bits per heavy atom. The number of pyridine rings is 1. The summed E-state index contributed by atoms with van der Waals surface area (Å²) in [5.41, 5.74) is 0.919. The zero-order valence-electron chi connectivity index (χ0n) is 12.5. The molecule has 0 atom stereocenters. The Balaban J connectivity index is 2.06. The zero-order valence-corrected chi connectivity index (χ0v) is 14.0. The highest BCUT2D eigenvalue weighted by Crippen LogP contribution is 2.30. The molecule has 0 saturated heterocycles. The Morgan fingerprint density at radius 2 is 1.87 bits per heavy atom. The van der Waals surface area contributed by atoms with E-state index in [1.165, 1.54) is 0 Å². The lowest BCUT2D eigenvalue weighted by Gasteiger charge is -2.11. The minimum atomic E-state index is -0.459. The van der Waals surface area contributed by atoms with Gasteiger partial charge in [0.15, 0.2) is 5.69 Å². The number of hydrogen-bond acceptors (Lipinski definition) is 4. The van der Waals surface area contributed by atoms with E-state index in [1.807, 2.05) is 48.5 Å². The van der Waals surface area contributed by atoms with Crippen LogP contribution >= 0.6 is 15.9 Å². The number of benzene rings is 2. The summed E-state index contributed by atoms with van der Waals surface area (Å²) in [6.45, 7) is 2.06. The first-order chi connectivity index (χ1) is 11.2. The normalized spacial score (nSPS) is 10.5. The third kappa shape index (κ3) is 3.51. The van der Waals surface area contributed by atoms with E-state index in [-0.39, 0.29) is 5.69 Å². The SMILES string of the molecule is CCOC(=O)c1cc(Oc2ccc(Br)cc2)c2ccccc2n1. The molecule has 3 aromatic rings. The molecule has 0 radical (unpaired) electrons. The quantitative estimate of drug-likeness (QED) is 0.607. The second kappa shape index (κ2) is 6.79. The number of nitrogens with zero attached hydrogens (tertiary/aromatic N) is 1. The molecule has 116 valence electrons. The van der Waals surface area contributed by atoms with Crippen LogP contribution in [0.1, 0.15) is 17.4 Å². The lowest BCUT2D eigenvalue weighted by Crippen LogP contribution is -2.07. The Hall–Kier alpha value is -2.40. The number of ether oxygens (including phenoxy) is 2. The van der Waals surface area contributed by atoms with Gasteiger partial charge in [0.1, 0.15) is 11.5 Å². The van der Waals surface area contributed by atoms with Crippen LogP contribution < -0.4 is 4.74 Å². The second-order valence-electron chi connectivity index (χ2n) is 4.80. The highest BCUT2D eigenvalue weighted by molar-refractivity contribution is 9.10. The van der Waals surface area contributed by atoms with Crippen LogP contribution in [0.3, 0.4) is 0 Å². The molecule has 0 saturated carbocycles. The molecular weight excluding hydrogens is 358 g/mol. The molecule has 5 heteroatoms. The predicted molar refractivity (Wildman–Crippen MR) is 91.9 cm³/mol.